The summed E-state index contributed by atoms with van der Waals surface area (Å²) in [4.78, 5) is 51.0. The first kappa shape index (κ1) is 67.2. The highest BCUT2D eigenvalue weighted by molar-refractivity contribution is 5.74. The highest BCUT2D eigenvalue weighted by Gasteiger charge is 2.50. The van der Waals surface area contributed by atoms with Crippen molar-refractivity contribution in [1.29, 1.82) is 0 Å². The van der Waals surface area contributed by atoms with E-state index in [-0.39, 0.29) is 25.9 Å². The Labute approximate surface area is 442 Å². The van der Waals surface area contributed by atoms with Crippen LogP contribution in [-0.4, -0.2) is 89.2 Å². The van der Waals surface area contributed by atoms with Crippen LogP contribution in [0.5, 0.6) is 0 Å². The van der Waals surface area contributed by atoms with E-state index in [1.54, 1.807) is 0 Å². The van der Waals surface area contributed by atoms with Gasteiger partial charge in [-0.05, 0) is 89.9 Å². The van der Waals surface area contributed by atoms with Crippen molar-refractivity contribution in [2.24, 2.45) is 0 Å². The molecule has 1 aliphatic rings. The summed E-state index contributed by atoms with van der Waals surface area (Å²) in [7, 11) is 0. The molecule has 1 heterocycles. The summed E-state index contributed by atoms with van der Waals surface area (Å²) < 4.78 is 28.3. The van der Waals surface area contributed by atoms with Crippen LogP contribution in [-0.2, 0) is 42.9 Å². The van der Waals surface area contributed by atoms with E-state index in [2.05, 4.69) is 93.7 Å². The Hall–Kier alpha value is -3.84. The smallest absolute Gasteiger partial charge is 0.335 e. The fraction of sp³-hybridized carbons (Fsp3) is 0.738. The predicted molar refractivity (Wildman–Crippen MR) is 294 cm³/mol. The van der Waals surface area contributed by atoms with Gasteiger partial charge < -0.3 is 39.0 Å². The lowest BCUT2D eigenvalue weighted by Crippen LogP contribution is -2.61. The predicted octanol–water partition coefficient (Wildman–Crippen LogP) is 14.6. The van der Waals surface area contributed by atoms with Gasteiger partial charge in [-0.25, -0.2) is 4.79 Å². The first-order valence-corrected chi connectivity index (χ1v) is 28.9. The average molecular weight is 1030 g/mol. The molecule has 0 spiro atoms. The normalized spacial score (nSPS) is 18.8. The molecular weight excluding hydrogens is 925 g/mol. The molecule has 0 saturated carbocycles. The van der Waals surface area contributed by atoms with Crippen molar-refractivity contribution in [3.05, 3.63) is 72.9 Å². The van der Waals surface area contributed by atoms with E-state index in [0.29, 0.717) is 19.3 Å². The van der Waals surface area contributed by atoms with E-state index >= 15 is 0 Å². The average Bonchev–Trinajstić information content (AvgIpc) is 3.37. The third-order valence-corrected chi connectivity index (χ3v) is 12.8. The number of carboxylic acids is 1. The standard InChI is InChI=1S/C61H102O12/c1-4-7-10-13-16-19-22-24-26-27-29-30-33-35-38-41-44-47-53(62)69-50-52(71-54(63)48-45-42-39-37-34-31-28-25-23-20-17-14-11-8-5-2)51-70-61-59(57(66)56(65)58(73-61)60(67)68)72-55(64)49-46-43-40-36-32-21-18-15-12-9-6-3/h8,11,16-17,19-20,24-26,28,34,37,52,56-59,61,65-66H,4-7,9-10,12-15,18,21-23,27,29-33,35-36,38-51H2,1-3H3,(H,67,68)/b11-8-,19-16-,20-17-,26-24-,28-25-,37-34-. The number of unbranched alkanes of at least 4 members (excludes halogenated alkanes) is 22. The molecule has 1 fully saturated rings. The lowest BCUT2D eigenvalue weighted by atomic mass is 9.98. The molecule has 0 aromatic heterocycles. The minimum absolute atomic E-state index is 0.0550. The van der Waals surface area contributed by atoms with Crippen LogP contribution in [0.25, 0.3) is 0 Å². The lowest BCUT2D eigenvalue weighted by Gasteiger charge is -2.40. The number of esters is 3. The molecule has 0 aromatic carbocycles. The van der Waals surface area contributed by atoms with Crippen molar-refractivity contribution in [2.45, 2.75) is 276 Å². The van der Waals surface area contributed by atoms with Gasteiger partial charge in [-0.15, -0.1) is 0 Å². The molecule has 0 aliphatic carbocycles. The maximum Gasteiger partial charge on any atom is 0.335 e. The van der Waals surface area contributed by atoms with Crippen molar-refractivity contribution < 1.29 is 58.2 Å². The van der Waals surface area contributed by atoms with Crippen molar-refractivity contribution in [1.82, 2.24) is 0 Å². The summed E-state index contributed by atoms with van der Waals surface area (Å²) in [5, 5.41) is 31.4. The number of ether oxygens (including phenoxy) is 5. The van der Waals surface area contributed by atoms with Crippen LogP contribution in [0.2, 0.25) is 0 Å². The van der Waals surface area contributed by atoms with Crippen molar-refractivity contribution in [3.8, 4) is 0 Å². The van der Waals surface area contributed by atoms with Gasteiger partial charge in [0.05, 0.1) is 6.61 Å². The minimum atomic E-state index is -1.91. The maximum atomic E-state index is 13.1. The van der Waals surface area contributed by atoms with Gasteiger partial charge in [-0.2, -0.15) is 0 Å². The SMILES string of the molecule is CC/C=C\C/C=C\C/C=C\C/C=C\CCCCC(=O)OC(COC(=O)CCCCCCCCC/C=C\C/C=C\CCCCC)COC1OC(C(=O)O)C(O)C(O)C1OC(=O)CCCCCCCCCCCCC. The number of aliphatic hydroxyl groups excluding tert-OH is 2. The fourth-order valence-corrected chi connectivity index (χ4v) is 8.33. The zero-order valence-electron chi connectivity index (χ0n) is 45.9. The van der Waals surface area contributed by atoms with Crippen LogP contribution < -0.4 is 0 Å². The molecule has 418 valence electrons. The number of hydrogen-bond acceptors (Lipinski definition) is 11. The Morgan fingerprint density at radius 3 is 1.37 bits per heavy atom. The molecule has 0 bridgehead atoms. The summed E-state index contributed by atoms with van der Waals surface area (Å²) >= 11 is 0. The molecule has 3 N–H and O–H groups in total. The third-order valence-electron chi connectivity index (χ3n) is 12.8. The fourth-order valence-electron chi connectivity index (χ4n) is 8.33. The highest BCUT2D eigenvalue weighted by atomic mass is 16.7. The Bertz CT molecular complexity index is 1550. The zero-order chi connectivity index (χ0) is 53.3. The van der Waals surface area contributed by atoms with Crippen molar-refractivity contribution in [2.75, 3.05) is 13.2 Å². The van der Waals surface area contributed by atoms with E-state index in [0.717, 1.165) is 103 Å². The maximum absolute atomic E-state index is 13.1. The molecule has 0 aromatic rings. The summed E-state index contributed by atoms with van der Waals surface area (Å²) in [6, 6.07) is 0. The van der Waals surface area contributed by atoms with E-state index in [9.17, 15) is 34.5 Å². The second kappa shape index (κ2) is 49.1. The number of allylic oxidation sites excluding steroid dienone is 12. The molecule has 1 aliphatic heterocycles. The number of hydrogen-bond donors (Lipinski definition) is 3. The topological polar surface area (TPSA) is 175 Å². The molecule has 0 amide bonds. The number of rotatable bonds is 48. The van der Waals surface area contributed by atoms with E-state index in [4.69, 9.17) is 23.7 Å². The first-order chi connectivity index (χ1) is 35.6. The van der Waals surface area contributed by atoms with Gasteiger partial charge in [-0.1, -0.05) is 203 Å². The highest BCUT2D eigenvalue weighted by Crippen LogP contribution is 2.26. The molecule has 73 heavy (non-hydrogen) atoms. The summed E-state index contributed by atoms with van der Waals surface area (Å²) in [6.45, 7) is 5.79. The molecule has 1 rings (SSSR count). The molecule has 12 heteroatoms. The van der Waals surface area contributed by atoms with Gasteiger partial charge in [0.1, 0.15) is 18.8 Å². The molecule has 6 atom stereocenters. The van der Waals surface area contributed by atoms with Crippen LogP contribution in [0, 0.1) is 0 Å². The van der Waals surface area contributed by atoms with Crippen LogP contribution in [0.15, 0.2) is 72.9 Å². The molecule has 0 radical (unpaired) electrons. The molecule has 12 nitrogen and oxygen atoms in total. The molecule has 1 saturated heterocycles. The van der Waals surface area contributed by atoms with Crippen LogP contribution in [0.3, 0.4) is 0 Å². The summed E-state index contributed by atoms with van der Waals surface area (Å²) in [5.74, 6) is -3.18. The number of carbonyl (C=O) groups is 4. The van der Waals surface area contributed by atoms with Gasteiger partial charge in [0.25, 0.3) is 0 Å². The Morgan fingerprint density at radius 1 is 0.466 bits per heavy atom. The molecular formula is C61H102O12. The molecule has 6 unspecified atom stereocenters. The Morgan fingerprint density at radius 2 is 0.863 bits per heavy atom. The summed E-state index contributed by atoms with van der Waals surface area (Å²) in [5.41, 5.74) is 0. The lowest BCUT2D eigenvalue weighted by molar-refractivity contribution is -0.301. The van der Waals surface area contributed by atoms with Gasteiger partial charge in [-0.3, -0.25) is 14.4 Å². The number of aliphatic carboxylic acids is 1. The quantitative estimate of drug-likeness (QED) is 0.0228. The van der Waals surface area contributed by atoms with E-state index in [1.807, 2.05) is 0 Å². The van der Waals surface area contributed by atoms with Crippen LogP contribution in [0.1, 0.15) is 239 Å². The van der Waals surface area contributed by atoms with E-state index < -0.39 is 67.3 Å². The number of carbonyl (C=O) groups excluding carboxylic acids is 3. The number of aliphatic hydroxyl groups is 2. The van der Waals surface area contributed by atoms with Crippen LogP contribution in [0.4, 0.5) is 0 Å². The van der Waals surface area contributed by atoms with Gasteiger partial charge >= 0.3 is 23.9 Å². The first-order valence-electron chi connectivity index (χ1n) is 28.9. The van der Waals surface area contributed by atoms with E-state index in [1.165, 1.54) is 77.0 Å². The minimum Gasteiger partial charge on any atom is -0.479 e. The van der Waals surface area contributed by atoms with Crippen molar-refractivity contribution in [3.63, 3.8) is 0 Å². The number of carboxylic acid groups (broad SMARTS) is 1. The van der Waals surface area contributed by atoms with Gasteiger partial charge in [0.2, 0.25) is 0 Å². The Kier molecular flexibility index (Phi) is 45.1. The van der Waals surface area contributed by atoms with Crippen molar-refractivity contribution >= 4 is 23.9 Å². The zero-order valence-corrected chi connectivity index (χ0v) is 45.9. The monoisotopic (exact) mass is 1030 g/mol. The largest absolute Gasteiger partial charge is 0.479 e. The van der Waals surface area contributed by atoms with Gasteiger partial charge in [0.15, 0.2) is 24.6 Å². The third kappa shape index (κ3) is 39.3. The second-order valence-corrected chi connectivity index (χ2v) is 19.5. The Balaban J connectivity index is 2.73. The van der Waals surface area contributed by atoms with Gasteiger partial charge in [0, 0.05) is 19.3 Å². The summed E-state index contributed by atoms with van der Waals surface area (Å²) in [6.07, 6.45) is 48.8. The van der Waals surface area contributed by atoms with Crippen LogP contribution >= 0.6 is 0 Å². The second-order valence-electron chi connectivity index (χ2n) is 19.5.